The number of hydrogen-bond acceptors (Lipinski definition) is 3. The second-order valence-corrected chi connectivity index (χ2v) is 6.37. The Hall–Kier alpha value is -0.900. The van der Waals surface area contributed by atoms with E-state index < -0.39 is 5.60 Å². The Morgan fingerprint density at radius 3 is 2.24 bits per heavy atom. The van der Waals surface area contributed by atoms with Crippen molar-refractivity contribution in [2.24, 2.45) is 30.7 Å². The Labute approximate surface area is 101 Å². The van der Waals surface area contributed by atoms with Crippen molar-refractivity contribution in [2.45, 2.75) is 37.7 Å². The maximum Gasteiger partial charge on any atom is 0.113 e. The van der Waals surface area contributed by atoms with Crippen molar-refractivity contribution in [3.8, 4) is 0 Å². The van der Waals surface area contributed by atoms with Crippen LogP contribution in [0, 0.1) is 23.7 Å². The van der Waals surface area contributed by atoms with Gasteiger partial charge in [0.2, 0.25) is 0 Å². The van der Waals surface area contributed by atoms with Crippen LogP contribution in [0.1, 0.15) is 37.8 Å². The number of hydrogen-bond donors (Lipinski definition) is 1. The average Bonchev–Trinajstić information content (AvgIpc) is 2.71. The number of aliphatic hydroxyl groups is 1. The van der Waals surface area contributed by atoms with Gasteiger partial charge in [0.15, 0.2) is 0 Å². The smallest absolute Gasteiger partial charge is 0.113 e. The normalized spacial score (nSPS) is 47.6. The molecular formula is C13H19N3O. The fourth-order valence-electron chi connectivity index (χ4n) is 4.97. The number of nitrogens with zero attached hydrogens (tertiary/aromatic N) is 3. The van der Waals surface area contributed by atoms with Crippen LogP contribution in [0.5, 0.6) is 0 Å². The van der Waals surface area contributed by atoms with Crippen LogP contribution in [0.15, 0.2) is 6.20 Å². The molecule has 4 bridgehead atoms. The van der Waals surface area contributed by atoms with E-state index in [0.717, 1.165) is 17.5 Å². The van der Waals surface area contributed by atoms with Gasteiger partial charge in [0.25, 0.3) is 0 Å². The first-order valence-electron chi connectivity index (χ1n) is 6.75. The Morgan fingerprint density at radius 1 is 1.18 bits per heavy atom. The molecule has 4 heteroatoms. The standard InChI is InChI=1S/C13H19N3O/c1-16-12(7-14-15-16)13(17)10-3-8-2-9(5-10)6-11(13)4-8/h7-11,17H,2-6H2,1H3. The highest BCUT2D eigenvalue weighted by Gasteiger charge is 2.58. The summed E-state index contributed by atoms with van der Waals surface area (Å²) in [5.74, 6) is 2.63. The van der Waals surface area contributed by atoms with Crippen LogP contribution in [-0.2, 0) is 12.6 Å². The molecule has 0 radical (unpaired) electrons. The van der Waals surface area contributed by atoms with E-state index in [1.807, 2.05) is 7.05 Å². The van der Waals surface area contributed by atoms with Crippen molar-refractivity contribution in [1.29, 1.82) is 0 Å². The van der Waals surface area contributed by atoms with E-state index in [1.54, 1.807) is 10.9 Å². The molecular weight excluding hydrogens is 214 g/mol. The van der Waals surface area contributed by atoms with Crippen LogP contribution in [0.2, 0.25) is 0 Å². The minimum absolute atomic E-state index is 0.441. The number of aryl methyl sites for hydroxylation is 1. The van der Waals surface area contributed by atoms with E-state index in [-0.39, 0.29) is 0 Å². The molecule has 1 N–H and O–H groups in total. The second kappa shape index (κ2) is 3.10. The Kier molecular flexibility index (Phi) is 1.84. The lowest BCUT2D eigenvalue weighted by Crippen LogP contribution is -2.56. The van der Waals surface area contributed by atoms with Crippen LogP contribution in [-0.4, -0.2) is 20.1 Å². The van der Waals surface area contributed by atoms with Crippen LogP contribution >= 0.6 is 0 Å². The van der Waals surface area contributed by atoms with Gasteiger partial charge in [-0.1, -0.05) is 5.21 Å². The summed E-state index contributed by atoms with van der Waals surface area (Å²) in [6, 6.07) is 0. The van der Waals surface area contributed by atoms with Gasteiger partial charge in [-0.25, -0.2) is 4.68 Å². The van der Waals surface area contributed by atoms with Crippen LogP contribution < -0.4 is 0 Å². The van der Waals surface area contributed by atoms with Crippen molar-refractivity contribution in [2.75, 3.05) is 0 Å². The van der Waals surface area contributed by atoms with E-state index in [9.17, 15) is 5.11 Å². The summed E-state index contributed by atoms with van der Waals surface area (Å²) in [4.78, 5) is 0. The number of rotatable bonds is 1. The van der Waals surface area contributed by atoms with Gasteiger partial charge in [-0.3, -0.25) is 0 Å². The first-order valence-corrected chi connectivity index (χ1v) is 6.75. The summed E-state index contributed by atoms with van der Waals surface area (Å²) < 4.78 is 1.77. The SMILES string of the molecule is Cn1nncc1C1(O)C2CC3CC(C2)CC1C3. The minimum atomic E-state index is -0.647. The molecule has 4 saturated carbocycles. The summed E-state index contributed by atoms with van der Waals surface area (Å²) in [6.07, 6.45) is 7.99. The molecule has 0 spiro atoms. The zero-order valence-electron chi connectivity index (χ0n) is 10.2. The predicted octanol–water partition coefficient (Wildman–Crippen LogP) is 1.46. The molecule has 0 unspecified atom stereocenters. The summed E-state index contributed by atoms with van der Waals surface area (Å²) >= 11 is 0. The molecule has 5 rings (SSSR count). The topological polar surface area (TPSA) is 50.9 Å². The molecule has 1 aromatic heterocycles. The molecule has 1 heterocycles. The molecule has 4 nitrogen and oxygen atoms in total. The summed E-state index contributed by atoms with van der Waals surface area (Å²) in [7, 11) is 1.89. The average molecular weight is 233 g/mol. The highest BCUT2D eigenvalue weighted by molar-refractivity contribution is 5.18. The van der Waals surface area contributed by atoms with Crippen molar-refractivity contribution in [3.05, 3.63) is 11.9 Å². The van der Waals surface area contributed by atoms with Gasteiger partial charge in [0, 0.05) is 7.05 Å². The molecule has 92 valence electrons. The third kappa shape index (κ3) is 1.17. The molecule has 0 aromatic carbocycles. The summed E-state index contributed by atoms with van der Waals surface area (Å²) in [6.45, 7) is 0. The zero-order valence-corrected chi connectivity index (χ0v) is 10.2. The van der Waals surface area contributed by atoms with Crippen molar-refractivity contribution >= 4 is 0 Å². The minimum Gasteiger partial charge on any atom is -0.383 e. The molecule has 4 aliphatic rings. The van der Waals surface area contributed by atoms with Gasteiger partial charge in [-0.2, -0.15) is 0 Å². The molecule has 0 amide bonds. The third-order valence-corrected chi connectivity index (χ3v) is 5.51. The molecule has 4 aliphatic carbocycles. The molecule has 0 atom stereocenters. The highest BCUT2D eigenvalue weighted by Crippen LogP contribution is 2.61. The van der Waals surface area contributed by atoms with E-state index in [1.165, 1.54) is 32.1 Å². The quantitative estimate of drug-likeness (QED) is 0.799. The third-order valence-electron chi connectivity index (χ3n) is 5.51. The maximum atomic E-state index is 11.2. The molecule has 17 heavy (non-hydrogen) atoms. The number of aromatic nitrogens is 3. The lowest BCUT2D eigenvalue weighted by molar-refractivity contribution is -0.183. The monoisotopic (exact) mass is 233 g/mol. The van der Waals surface area contributed by atoms with Crippen LogP contribution in [0.25, 0.3) is 0 Å². The van der Waals surface area contributed by atoms with E-state index >= 15 is 0 Å². The second-order valence-electron chi connectivity index (χ2n) is 6.37. The Bertz CT molecular complexity index is 425. The maximum absolute atomic E-state index is 11.2. The fourth-order valence-corrected chi connectivity index (χ4v) is 4.97. The first kappa shape index (κ1) is 10.1. The Balaban J connectivity index is 1.81. The van der Waals surface area contributed by atoms with E-state index in [2.05, 4.69) is 10.3 Å². The lowest BCUT2D eigenvalue weighted by Gasteiger charge is -2.58. The van der Waals surface area contributed by atoms with Crippen LogP contribution in [0.4, 0.5) is 0 Å². The van der Waals surface area contributed by atoms with Gasteiger partial charge < -0.3 is 5.11 Å². The molecule has 0 saturated heterocycles. The van der Waals surface area contributed by atoms with E-state index in [0.29, 0.717) is 11.8 Å². The largest absolute Gasteiger partial charge is 0.383 e. The molecule has 1 aromatic rings. The predicted molar refractivity (Wildman–Crippen MR) is 61.9 cm³/mol. The summed E-state index contributed by atoms with van der Waals surface area (Å²) in [5, 5.41) is 19.2. The zero-order chi connectivity index (χ0) is 11.6. The fraction of sp³-hybridized carbons (Fsp3) is 0.846. The van der Waals surface area contributed by atoms with Crippen molar-refractivity contribution in [1.82, 2.24) is 15.0 Å². The molecule has 4 fully saturated rings. The molecule has 0 aliphatic heterocycles. The highest BCUT2D eigenvalue weighted by atomic mass is 16.3. The summed E-state index contributed by atoms with van der Waals surface area (Å²) in [5.41, 5.74) is 0.289. The van der Waals surface area contributed by atoms with E-state index in [4.69, 9.17) is 0 Å². The van der Waals surface area contributed by atoms with Gasteiger partial charge in [0.05, 0.1) is 11.9 Å². The Morgan fingerprint density at radius 2 is 1.76 bits per heavy atom. The van der Waals surface area contributed by atoms with Crippen LogP contribution in [0.3, 0.4) is 0 Å². The van der Waals surface area contributed by atoms with Gasteiger partial charge >= 0.3 is 0 Å². The van der Waals surface area contributed by atoms with Gasteiger partial charge in [0.1, 0.15) is 5.60 Å². The van der Waals surface area contributed by atoms with Crippen molar-refractivity contribution < 1.29 is 5.11 Å². The van der Waals surface area contributed by atoms with Crippen molar-refractivity contribution in [3.63, 3.8) is 0 Å². The first-order chi connectivity index (χ1) is 8.18. The van der Waals surface area contributed by atoms with Gasteiger partial charge in [-0.15, -0.1) is 5.10 Å². The van der Waals surface area contributed by atoms with Gasteiger partial charge in [-0.05, 0) is 55.8 Å². The lowest BCUT2D eigenvalue weighted by atomic mass is 9.49.